The number of nitrogens with zero attached hydrogens (tertiary/aromatic N) is 3. The lowest BCUT2D eigenvalue weighted by atomic mass is 9.96. The average Bonchev–Trinajstić information content (AvgIpc) is 2.57. The van der Waals surface area contributed by atoms with E-state index in [1.165, 1.54) is 11.1 Å². The normalized spacial score (nSPS) is 19.8. The molecule has 25 heavy (non-hydrogen) atoms. The van der Waals surface area contributed by atoms with Gasteiger partial charge in [-0.1, -0.05) is 35.5 Å². The fraction of sp³-hybridized carbons (Fsp3) is 0.333. The van der Waals surface area contributed by atoms with E-state index in [9.17, 15) is 9.90 Å². The Hall–Kier alpha value is -2.31. The third-order valence-electron chi connectivity index (χ3n) is 3.95. The highest BCUT2D eigenvalue weighted by Gasteiger charge is 2.41. The van der Waals surface area contributed by atoms with Crippen molar-refractivity contribution in [3.05, 3.63) is 59.3 Å². The van der Waals surface area contributed by atoms with Crippen molar-refractivity contribution >= 4 is 24.5 Å². The molecular formula is C18H24ClN3O3. The fourth-order valence-electron chi connectivity index (χ4n) is 2.31. The second kappa shape index (κ2) is 8.69. The van der Waals surface area contributed by atoms with E-state index in [1.54, 1.807) is 38.2 Å². The molecule has 1 aromatic carbocycles. The zero-order chi connectivity index (χ0) is 17.7. The molecular weight excluding hydrogens is 342 g/mol. The summed E-state index contributed by atoms with van der Waals surface area (Å²) in [7, 11) is 4.97. The zero-order valence-corrected chi connectivity index (χ0v) is 15.7. The molecule has 0 aliphatic carbocycles. The molecule has 7 heteroatoms. The van der Waals surface area contributed by atoms with Gasteiger partial charge in [0.15, 0.2) is 0 Å². The van der Waals surface area contributed by atoms with Crippen LogP contribution in [0.3, 0.4) is 0 Å². The Morgan fingerprint density at radius 1 is 1.32 bits per heavy atom. The molecule has 0 spiro atoms. The largest absolute Gasteiger partial charge is 0.391 e. The van der Waals surface area contributed by atoms with Gasteiger partial charge >= 0.3 is 0 Å². The van der Waals surface area contributed by atoms with E-state index in [2.05, 4.69) is 5.16 Å². The van der Waals surface area contributed by atoms with E-state index in [4.69, 9.17) is 4.84 Å². The molecule has 0 saturated carbocycles. The number of amides is 1. The summed E-state index contributed by atoms with van der Waals surface area (Å²) in [6.45, 7) is 2.13. The number of allylic oxidation sites excluding steroid dienone is 3. The minimum atomic E-state index is -1.66. The van der Waals surface area contributed by atoms with Crippen LogP contribution >= 0.6 is 12.4 Å². The minimum Gasteiger partial charge on any atom is -0.391 e. The highest BCUT2D eigenvalue weighted by Crippen LogP contribution is 2.28. The van der Waals surface area contributed by atoms with Gasteiger partial charge in [0.1, 0.15) is 12.8 Å². The first-order chi connectivity index (χ1) is 11.4. The number of rotatable bonds is 5. The van der Waals surface area contributed by atoms with Crippen LogP contribution in [0, 0.1) is 0 Å². The summed E-state index contributed by atoms with van der Waals surface area (Å²) in [5, 5.41) is 14.9. The Bertz CT molecular complexity index is 686. The molecule has 0 fully saturated rings. The van der Waals surface area contributed by atoms with Crippen LogP contribution in [0.25, 0.3) is 0 Å². The van der Waals surface area contributed by atoms with Crippen molar-refractivity contribution in [2.75, 3.05) is 21.1 Å². The molecule has 0 bridgehead atoms. The number of oxime groups is 1. The molecule has 0 radical (unpaired) electrons. The second-order valence-electron chi connectivity index (χ2n) is 5.87. The predicted molar refractivity (Wildman–Crippen MR) is 100 cm³/mol. The number of aliphatic hydroxyl groups is 1. The van der Waals surface area contributed by atoms with Gasteiger partial charge in [-0.3, -0.25) is 4.79 Å². The van der Waals surface area contributed by atoms with Crippen molar-refractivity contribution in [1.29, 1.82) is 0 Å². The predicted octanol–water partition coefficient (Wildman–Crippen LogP) is 2.16. The molecule has 1 aliphatic rings. The summed E-state index contributed by atoms with van der Waals surface area (Å²) < 4.78 is 0. The summed E-state index contributed by atoms with van der Waals surface area (Å²) in [6, 6.07) is 9.59. The second-order valence-corrected chi connectivity index (χ2v) is 5.87. The smallest absolute Gasteiger partial charge is 0.254 e. The maximum absolute atomic E-state index is 12.4. The SMILES string of the molecule is CC1=CC=C(C(=O)N(C)C)C(O)(C=NOCc2ccccc2)N1C.Cl. The summed E-state index contributed by atoms with van der Waals surface area (Å²) in [6.07, 6.45) is 4.64. The van der Waals surface area contributed by atoms with Gasteiger partial charge in [0, 0.05) is 26.8 Å². The molecule has 1 atom stereocenters. The van der Waals surface area contributed by atoms with Crippen LogP contribution in [-0.4, -0.2) is 53.9 Å². The summed E-state index contributed by atoms with van der Waals surface area (Å²) >= 11 is 0. The molecule has 1 unspecified atom stereocenters. The number of carbonyl (C=O) groups excluding carboxylic acids is 1. The molecule has 0 saturated heterocycles. The van der Waals surface area contributed by atoms with E-state index in [1.807, 2.05) is 37.3 Å². The highest BCUT2D eigenvalue weighted by atomic mass is 35.5. The Labute approximate surface area is 154 Å². The fourth-order valence-corrected chi connectivity index (χ4v) is 2.31. The lowest BCUT2D eigenvalue weighted by Crippen LogP contribution is -2.53. The first kappa shape index (κ1) is 20.7. The van der Waals surface area contributed by atoms with Crippen LogP contribution in [0.1, 0.15) is 12.5 Å². The van der Waals surface area contributed by atoms with E-state index in [-0.39, 0.29) is 30.5 Å². The zero-order valence-electron chi connectivity index (χ0n) is 14.8. The molecule has 1 aromatic rings. The molecule has 1 aliphatic heterocycles. The van der Waals surface area contributed by atoms with Gasteiger partial charge in [0.2, 0.25) is 5.72 Å². The maximum atomic E-state index is 12.4. The number of halogens is 1. The van der Waals surface area contributed by atoms with E-state index >= 15 is 0 Å². The summed E-state index contributed by atoms with van der Waals surface area (Å²) in [5.41, 5.74) is 0.335. The summed E-state index contributed by atoms with van der Waals surface area (Å²) in [4.78, 5) is 20.6. The van der Waals surface area contributed by atoms with Crippen molar-refractivity contribution in [1.82, 2.24) is 9.80 Å². The standard InChI is InChI=1S/C18H23N3O3.ClH/c1-14-10-11-16(17(22)20(2)3)18(23,21(14)4)13-19-24-12-15-8-6-5-7-9-15;/h5-11,13,23H,12H2,1-4H3;1H. The maximum Gasteiger partial charge on any atom is 0.254 e. The van der Waals surface area contributed by atoms with Crippen LogP contribution in [0.15, 0.2) is 58.9 Å². The van der Waals surface area contributed by atoms with Gasteiger partial charge in [0.05, 0.1) is 5.57 Å². The molecule has 1 heterocycles. The number of carbonyl (C=O) groups is 1. The number of hydrogen-bond acceptors (Lipinski definition) is 5. The monoisotopic (exact) mass is 365 g/mol. The molecule has 1 amide bonds. The van der Waals surface area contributed by atoms with Crippen LogP contribution in [0.4, 0.5) is 0 Å². The van der Waals surface area contributed by atoms with Crippen molar-refractivity contribution in [3.8, 4) is 0 Å². The van der Waals surface area contributed by atoms with Gasteiger partial charge in [-0.2, -0.15) is 0 Å². The van der Waals surface area contributed by atoms with E-state index < -0.39 is 5.72 Å². The van der Waals surface area contributed by atoms with Crippen molar-refractivity contribution in [3.63, 3.8) is 0 Å². The molecule has 1 N–H and O–H groups in total. The van der Waals surface area contributed by atoms with Crippen LogP contribution in [0.2, 0.25) is 0 Å². The molecule has 2 rings (SSSR count). The lowest BCUT2D eigenvalue weighted by molar-refractivity contribution is -0.128. The Morgan fingerprint density at radius 3 is 2.56 bits per heavy atom. The number of likely N-dealkylation sites (N-methyl/N-ethyl adjacent to an activating group) is 2. The first-order valence-corrected chi connectivity index (χ1v) is 7.63. The number of hydrogen-bond donors (Lipinski definition) is 1. The van der Waals surface area contributed by atoms with E-state index in [0.717, 1.165) is 11.3 Å². The molecule has 0 aromatic heterocycles. The third-order valence-corrected chi connectivity index (χ3v) is 3.95. The van der Waals surface area contributed by atoms with Gasteiger partial charge in [-0.15, -0.1) is 12.4 Å². The van der Waals surface area contributed by atoms with Gasteiger partial charge in [-0.05, 0) is 24.6 Å². The first-order valence-electron chi connectivity index (χ1n) is 7.63. The van der Waals surface area contributed by atoms with Gasteiger partial charge in [-0.25, -0.2) is 0 Å². The summed E-state index contributed by atoms with van der Waals surface area (Å²) in [5.74, 6) is -0.289. The Balaban J connectivity index is 0.00000312. The van der Waals surface area contributed by atoms with Gasteiger partial charge < -0.3 is 19.7 Å². The average molecular weight is 366 g/mol. The molecule has 136 valence electrons. The van der Waals surface area contributed by atoms with E-state index in [0.29, 0.717) is 0 Å². The number of benzene rings is 1. The Kier molecular flexibility index (Phi) is 7.21. The third kappa shape index (κ3) is 4.61. The lowest BCUT2D eigenvalue weighted by Gasteiger charge is -2.39. The van der Waals surface area contributed by atoms with Crippen molar-refractivity contribution in [2.24, 2.45) is 5.16 Å². The topological polar surface area (TPSA) is 65.4 Å². The highest BCUT2D eigenvalue weighted by molar-refractivity contribution is 6.00. The van der Waals surface area contributed by atoms with Crippen LogP contribution in [0.5, 0.6) is 0 Å². The molecule has 6 nitrogen and oxygen atoms in total. The van der Waals surface area contributed by atoms with Crippen molar-refractivity contribution < 1.29 is 14.7 Å². The minimum absolute atomic E-state index is 0. The quantitative estimate of drug-likeness (QED) is 0.641. The van der Waals surface area contributed by atoms with Gasteiger partial charge in [0.25, 0.3) is 5.91 Å². The van der Waals surface area contributed by atoms with Crippen molar-refractivity contribution in [2.45, 2.75) is 19.3 Å². The van der Waals surface area contributed by atoms with Crippen LogP contribution in [-0.2, 0) is 16.2 Å². The van der Waals surface area contributed by atoms with Crippen LogP contribution < -0.4 is 0 Å². The Morgan fingerprint density at radius 2 is 1.96 bits per heavy atom.